The zero-order valence-corrected chi connectivity index (χ0v) is 11.9. The third-order valence-corrected chi connectivity index (χ3v) is 3.31. The summed E-state index contributed by atoms with van der Waals surface area (Å²) in [4.78, 5) is 0. The van der Waals surface area contributed by atoms with Crippen LogP contribution in [0.4, 0.5) is 0 Å². The Balaban J connectivity index is 2.12. The van der Waals surface area contributed by atoms with Gasteiger partial charge in [0.2, 0.25) is 0 Å². The fraction of sp³-hybridized carbons (Fsp3) is 0.467. The van der Waals surface area contributed by atoms with Gasteiger partial charge in [0.25, 0.3) is 0 Å². The van der Waals surface area contributed by atoms with Gasteiger partial charge in [0.15, 0.2) is 0 Å². The van der Waals surface area contributed by atoms with E-state index in [0.29, 0.717) is 12.0 Å². The average molecular weight is 258 g/mol. The highest BCUT2D eigenvalue weighted by Crippen LogP contribution is 2.19. The molecular formula is C15H22N4. The summed E-state index contributed by atoms with van der Waals surface area (Å²) in [5.74, 6) is 0.445. The van der Waals surface area contributed by atoms with Crippen LogP contribution in [0, 0.1) is 0 Å². The first kappa shape index (κ1) is 13.7. The number of hydrogen-bond acceptors (Lipinski definition) is 3. The minimum absolute atomic E-state index is 0.445. The van der Waals surface area contributed by atoms with Crippen LogP contribution >= 0.6 is 0 Å². The Morgan fingerprint density at radius 1 is 1.21 bits per heavy atom. The van der Waals surface area contributed by atoms with Gasteiger partial charge in [0.1, 0.15) is 0 Å². The van der Waals surface area contributed by atoms with Crippen molar-refractivity contribution in [2.75, 3.05) is 6.54 Å². The number of aromatic nitrogens is 3. The number of rotatable bonds is 6. The topological polar surface area (TPSA) is 42.7 Å². The zero-order valence-electron chi connectivity index (χ0n) is 11.9. The van der Waals surface area contributed by atoms with Crippen LogP contribution in [0.15, 0.2) is 36.5 Å². The van der Waals surface area contributed by atoms with Crippen molar-refractivity contribution in [3.63, 3.8) is 0 Å². The van der Waals surface area contributed by atoms with E-state index in [1.54, 1.807) is 0 Å². The van der Waals surface area contributed by atoms with Crippen LogP contribution in [0.1, 0.15) is 31.0 Å². The largest absolute Gasteiger partial charge is 0.314 e. The minimum Gasteiger partial charge on any atom is -0.314 e. The molecule has 0 radical (unpaired) electrons. The van der Waals surface area contributed by atoms with Crippen molar-refractivity contribution < 1.29 is 0 Å². The van der Waals surface area contributed by atoms with Gasteiger partial charge in [0, 0.05) is 25.6 Å². The van der Waals surface area contributed by atoms with Crippen molar-refractivity contribution in [2.45, 2.75) is 32.2 Å². The molecule has 4 nitrogen and oxygen atoms in total. The van der Waals surface area contributed by atoms with E-state index in [1.165, 1.54) is 11.3 Å². The van der Waals surface area contributed by atoms with Crippen molar-refractivity contribution in [2.24, 2.45) is 7.05 Å². The highest BCUT2D eigenvalue weighted by molar-refractivity contribution is 5.21. The molecule has 1 heterocycles. The minimum atomic E-state index is 0.445. The molecule has 0 bridgehead atoms. The Kier molecular flexibility index (Phi) is 4.68. The van der Waals surface area contributed by atoms with Gasteiger partial charge in [-0.2, -0.15) is 0 Å². The fourth-order valence-electron chi connectivity index (χ4n) is 2.16. The normalized spacial score (nSPS) is 12.8. The van der Waals surface area contributed by atoms with E-state index >= 15 is 0 Å². The van der Waals surface area contributed by atoms with Gasteiger partial charge in [0.05, 0.1) is 11.9 Å². The lowest BCUT2D eigenvalue weighted by Crippen LogP contribution is -2.29. The maximum absolute atomic E-state index is 4.00. The summed E-state index contributed by atoms with van der Waals surface area (Å²) in [6.07, 6.45) is 2.80. The summed E-state index contributed by atoms with van der Waals surface area (Å²) in [5.41, 5.74) is 2.52. The molecule has 19 heavy (non-hydrogen) atoms. The first-order valence-corrected chi connectivity index (χ1v) is 6.78. The molecule has 2 aromatic rings. The Hall–Kier alpha value is -1.68. The van der Waals surface area contributed by atoms with Crippen LogP contribution in [-0.2, 0) is 13.5 Å². The second-order valence-electron chi connectivity index (χ2n) is 5.22. The monoisotopic (exact) mass is 258 g/mol. The molecule has 1 atom stereocenters. The smallest absolute Gasteiger partial charge is 0.0725 e. The molecule has 0 aliphatic heterocycles. The highest BCUT2D eigenvalue weighted by atomic mass is 15.4. The van der Waals surface area contributed by atoms with Crippen molar-refractivity contribution >= 4 is 0 Å². The summed E-state index contributed by atoms with van der Waals surface area (Å²) in [6, 6.07) is 11.1. The van der Waals surface area contributed by atoms with E-state index in [2.05, 4.69) is 59.8 Å². The summed E-state index contributed by atoms with van der Waals surface area (Å²) in [7, 11) is 1.94. The predicted octanol–water partition coefficient (Wildman–Crippen LogP) is 2.14. The van der Waals surface area contributed by atoms with Crippen LogP contribution in [-0.4, -0.2) is 27.6 Å². The second kappa shape index (κ2) is 6.48. The lowest BCUT2D eigenvalue weighted by molar-refractivity contribution is 0.516. The Morgan fingerprint density at radius 3 is 2.53 bits per heavy atom. The number of nitrogens with one attached hydrogen (secondary N) is 1. The van der Waals surface area contributed by atoms with Crippen molar-refractivity contribution in [1.29, 1.82) is 0 Å². The standard InChI is InChI=1S/C15H22N4/c1-12(2)16-10-14(13-7-5-4-6-8-13)9-15-11-17-18-19(15)3/h4-8,11-12,14,16H,9-10H2,1-3H3. The third-order valence-electron chi connectivity index (χ3n) is 3.31. The molecule has 0 aliphatic carbocycles. The van der Waals surface area contributed by atoms with Crippen LogP contribution in [0.3, 0.4) is 0 Å². The maximum atomic E-state index is 4.00. The third kappa shape index (κ3) is 3.89. The first-order valence-electron chi connectivity index (χ1n) is 6.78. The van der Waals surface area contributed by atoms with Gasteiger partial charge in [-0.25, -0.2) is 0 Å². The number of benzene rings is 1. The Labute approximate surface area is 114 Å². The van der Waals surface area contributed by atoms with E-state index in [-0.39, 0.29) is 0 Å². The molecule has 1 N–H and O–H groups in total. The Bertz CT molecular complexity index is 490. The van der Waals surface area contributed by atoms with Gasteiger partial charge >= 0.3 is 0 Å². The summed E-state index contributed by atoms with van der Waals surface area (Å²) in [6.45, 7) is 5.31. The van der Waals surface area contributed by atoms with E-state index in [0.717, 1.165) is 13.0 Å². The predicted molar refractivity (Wildman–Crippen MR) is 77.0 cm³/mol. The fourth-order valence-corrected chi connectivity index (χ4v) is 2.16. The molecule has 2 rings (SSSR count). The second-order valence-corrected chi connectivity index (χ2v) is 5.22. The van der Waals surface area contributed by atoms with Gasteiger partial charge in [-0.05, 0) is 12.0 Å². The van der Waals surface area contributed by atoms with E-state index < -0.39 is 0 Å². The molecule has 1 aromatic heterocycles. The van der Waals surface area contributed by atoms with E-state index in [4.69, 9.17) is 0 Å². The van der Waals surface area contributed by atoms with Crippen LogP contribution in [0.5, 0.6) is 0 Å². The molecule has 1 aromatic carbocycles. The van der Waals surface area contributed by atoms with Crippen LogP contribution in [0.25, 0.3) is 0 Å². The molecule has 0 amide bonds. The van der Waals surface area contributed by atoms with E-state index in [1.807, 2.05) is 17.9 Å². The molecule has 102 valence electrons. The average Bonchev–Trinajstić information content (AvgIpc) is 2.81. The van der Waals surface area contributed by atoms with Crippen molar-refractivity contribution in [3.05, 3.63) is 47.8 Å². The number of hydrogen-bond donors (Lipinski definition) is 1. The molecule has 0 aliphatic rings. The first-order chi connectivity index (χ1) is 9.16. The van der Waals surface area contributed by atoms with Crippen LogP contribution in [0.2, 0.25) is 0 Å². The quantitative estimate of drug-likeness (QED) is 0.863. The highest BCUT2D eigenvalue weighted by Gasteiger charge is 2.14. The van der Waals surface area contributed by atoms with E-state index in [9.17, 15) is 0 Å². The van der Waals surface area contributed by atoms with Gasteiger partial charge in [-0.1, -0.05) is 49.4 Å². The lowest BCUT2D eigenvalue weighted by atomic mass is 9.94. The molecule has 0 saturated carbocycles. The van der Waals surface area contributed by atoms with Gasteiger partial charge < -0.3 is 5.32 Å². The molecule has 0 saturated heterocycles. The van der Waals surface area contributed by atoms with Crippen LogP contribution < -0.4 is 5.32 Å². The molecular weight excluding hydrogens is 236 g/mol. The SMILES string of the molecule is CC(C)NCC(Cc1cnnn1C)c1ccccc1. The molecule has 1 unspecified atom stereocenters. The van der Waals surface area contributed by atoms with Gasteiger partial charge in [-0.3, -0.25) is 4.68 Å². The maximum Gasteiger partial charge on any atom is 0.0725 e. The van der Waals surface area contributed by atoms with Crippen molar-refractivity contribution in [3.8, 4) is 0 Å². The molecule has 0 fully saturated rings. The lowest BCUT2D eigenvalue weighted by Gasteiger charge is -2.19. The number of nitrogens with zero attached hydrogens (tertiary/aromatic N) is 3. The number of aryl methyl sites for hydroxylation is 1. The zero-order chi connectivity index (χ0) is 13.7. The van der Waals surface area contributed by atoms with Gasteiger partial charge in [-0.15, -0.1) is 5.10 Å². The summed E-state index contributed by atoms with van der Waals surface area (Å²) < 4.78 is 1.85. The Morgan fingerprint density at radius 2 is 1.95 bits per heavy atom. The molecule has 0 spiro atoms. The summed E-state index contributed by atoms with van der Waals surface area (Å²) in [5, 5.41) is 11.5. The molecule has 4 heteroatoms. The van der Waals surface area contributed by atoms with Crippen molar-refractivity contribution in [1.82, 2.24) is 20.3 Å². The summed E-state index contributed by atoms with van der Waals surface area (Å²) >= 11 is 0.